The Bertz CT molecular complexity index is 1070. The largest absolute Gasteiger partial charge is 0.493 e. The Morgan fingerprint density at radius 3 is 1.74 bits per heavy atom. The lowest BCUT2D eigenvalue weighted by atomic mass is 10.0. The first kappa shape index (κ1) is 27.0. The summed E-state index contributed by atoms with van der Waals surface area (Å²) in [5.41, 5.74) is 2.99. The molecule has 1 aliphatic carbocycles. The van der Waals surface area contributed by atoms with Crippen LogP contribution in [0.15, 0.2) is 30.3 Å². The molecule has 0 atom stereocenters. The van der Waals surface area contributed by atoms with E-state index in [-0.39, 0.29) is 5.78 Å². The first-order valence-electron chi connectivity index (χ1n) is 14.9. The fraction of sp³-hybridized carbons (Fsp3) is 0.594. The minimum Gasteiger partial charge on any atom is -0.493 e. The minimum absolute atomic E-state index is 0.00162. The number of benzene rings is 2. The molecule has 6 nitrogen and oxygen atoms in total. The van der Waals surface area contributed by atoms with Gasteiger partial charge in [-0.2, -0.15) is 0 Å². The highest BCUT2D eigenvalue weighted by Gasteiger charge is 2.35. The number of carbonyl (C=O) groups excluding carboxylic acids is 1. The number of fused-ring (bicyclic) bond motifs is 3. The number of likely N-dealkylation sites (tertiary alicyclic amines) is 2. The molecule has 0 N–H and O–H groups in total. The van der Waals surface area contributed by atoms with Crippen molar-refractivity contribution in [3.05, 3.63) is 41.5 Å². The molecule has 0 aromatic heterocycles. The van der Waals surface area contributed by atoms with E-state index in [9.17, 15) is 4.79 Å². The van der Waals surface area contributed by atoms with Crippen molar-refractivity contribution in [2.45, 2.75) is 64.7 Å². The van der Waals surface area contributed by atoms with Crippen molar-refractivity contribution in [2.24, 2.45) is 0 Å². The first-order valence-corrected chi connectivity index (χ1v) is 14.9. The summed E-state index contributed by atoms with van der Waals surface area (Å²) in [6.07, 6.45) is 10.7. The van der Waals surface area contributed by atoms with E-state index in [1.807, 2.05) is 30.3 Å². The molecule has 2 aromatic rings. The number of hydrogen-bond donors (Lipinski definition) is 0. The maximum atomic E-state index is 13.7. The van der Waals surface area contributed by atoms with Gasteiger partial charge in [0.15, 0.2) is 5.78 Å². The van der Waals surface area contributed by atoms with Gasteiger partial charge in [-0.15, -0.1) is 0 Å². The van der Waals surface area contributed by atoms with Crippen LogP contribution in [-0.2, 0) is 0 Å². The second-order valence-electron chi connectivity index (χ2n) is 10.9. The standard InChI is InChI=1S/C32H44N2O4/c1-2-22-36-27-14-15-28(38-24-11-21-34-18-7-4-8-19-34)31-30(27)29-25(32(31)35)12-9-13-26(29)37-23-10-20-33-16-5-3-6-17-33/h9,12-15H,2-8,10-11,16-24H2,1H3. The van der Waals surface area contributed by atoms with E-state index in [0.29, 0.717) is 36.7 Å². The highest BCUT2D eigenvalue weighted by molar-refractivity contribution is 6.25. The Labute approximate surface area is 228 Å². The Kier molecular flexibility index (Phi) is 9.58. The van der Waals surface area contributed by atoms with Crippen molar-refractivity contribution in [1.29, 1.82) is 0 Å². The molecular formula is C32H44N2O4. The van der Waals surface area contributed by atoms with Gasteiger partial charge >= 0.3 is 0 Å². The molecule has 38 heavy (non-hydrogen) atoms. The maximum absolute atomic E-state index is 13.7. The van der Waals surface area contributed by atoms with Gasteiger partial charge in [0.2, 0.25) is 0 Å². The average molecular weight is 521 g/mol. The van der Waals surface area contributed by atoms with E-state index in [4.69, 9.17) is 14.2 Å². The van der Waals surface area contributed by atoms with E-state index < -0.39 is 0 Å². The fourth-order valence-electron chi connectivity index (χ4n) is 6.03. The highest BCUT2D eigenvalue weighted by atomic mass is 16.5. The molecule has 5 rings (SSSR count). The van der Waals surface area contributed by atoms with Crippen LogP contribution in [0.4, 0.5) is 0 Å². The van der Waals surface area contributed by atoms with Crippen molar-refractivity contribution < 1.29 is 19.0 Å². The quantitative estimate of drug-likeness (QED) is 0.250. The highest BCUT2D eigenvalue weighted by Crippen LogP contribution is 2.50. The predicted molar refractivity (Wildman–Crippen MR) is 152 cm³/mol. The molecular weight excluding hydrogens is 476 g/mol. The van der Waals surface area contributed by atoms with Crippen LogP contribution in [0.2, 0.25) is 0 Å². The number of ether oxygens (including phenoxy) is 3. The van der Waals surface area contributed by atoms with Crippen molar-refractivity contribution in [2.75, 3.05) is 59.1 Å². The van der Waals surface area contributed by atoms with E-state index in [0.717, 1.165) is 55.0 Å². The average Bonchev–Trinajstić information content (AvgIpc) is 3.27. The molecule has 0 amide bonds. The van der Waals surface area contributed by atoms with Gasteiger partial charge in [-0.05, 0) is 89.3 Å². The van der Waals surface area contributed by atoms with Gasteiger partial charge in [0, 0.05) is 29.8 Å². The van der Waals surface area contributed by atoms with Crippen LogP contribution in [0.3, 0.4) is 0 Å². The molecule has 0 unspecified atom stereocenters. The molecule has 3 aliphatic rings. The molecule has 2 saturated heterocycles. The SMILES string of the molecule is CCCOc1ccc(OCCCN2CCCCC2)c2c1-c1c(OCCCN3CCCCC3)cccc1C2=O. The summed E-state index contributed by atoms with van der Waals surface area (Å²) in [7, 11) is 0. The van der Waals surface area contributed by atoms with Crippen LogP contribution in [0.25, 0.3) is 11.1 Å². The summed E-state index contributed by atoms with van der Waals surface area (Å²) in [5.74, 6) is 2.15. The second-order valence-corrected chi connectivity index (χ2v) is 10.9. The van der Waals surface area contributed by atoms with Crippen molar-refractivity contribution in [3.8, 4) is 28.4 Å². The maximum Gasteiger partial charge on any atom is 0.198 e. The third kappa shape index (κ3) is 6.35. The molecule has 2 heterocycles. The van der Waals surface area contributed by atoms with E-state index >= 15 is 0 Å². The predicted octanol–water partition coefficient (Wildman–Crippen LogP) is 6.20. The number of hydrogen-bond acceptors (Lipinski definition) is 6. The zero-order chi connectivity index (χ0) is 26.2. The van der Waals surface area contributed by atoms with Crippen molar-refractivity contribution in [3.63, 3.8) is 0 Å². The number of ketones is 1. The Morgan fingerprint density at radius 2 is 1.16 bits per heavy atom. The first-order chi connectivity index (χ1) is 18.8. The van der Waals surface area contributed by atoms with Gasteiger partial charge in [0.25, 0.3) is 0 Å². The molecule has 0 spiro atoms. The topological polar surface area (TPSA) is 51.2 Å². The molecule has 0 bridgehead atoms. The summed E-state index contributed by atoms with van der Waals surface area (Å²) in [5, 5.41) is 0. The molecule has 0 radical (unpaired) electrons. The van der Waals surface area contributed by atoms with Gasteiger partial charge in [0.05, 0.1) is 25.4 Å². The minimum atomic E-state index is 0.00162. The zero-order valence-electron chi connectivity index (χ0n) is 23.1. The molecule has 206 valence electrons. The summed E-state index contributed by atoms with van der Waals surface area (Å²) >= 11 is 0. The van der Waals surface area contributed by atoms with Crippen LogP contribution in [0, 0.1) is 0 Å². The van der Waals surface area contributed by atoms with Crippen LogP contribution in [-0.4, -0.2) is 74.7 Å². The fourth-order valence-corrected chi connectivity index (χ4v) is 6.03. The lowest BCUT2D eigenvalue weighted by molar-refractivity contribution is 0.103. The molecule has 2 aliphatic heterocycles. The van der Waals surface area contributed by atoms with Crippen molar-refractivity contribution >= 4 is 5.78 Å². The smallest absolute Gasteiger partial charge is 0.198 e. The lowest BCUT2D eigenvalue weighted by Gasteiger charge is -2.26. The van der Waals surface area contributed by atoms with Crippen LogP contribution in [0.5, 0.6) is 17.2 Å². The van der Waals surface area contributed by atoms with E-state index in [2.05, 4.69) is 16.7 Å². The van der Waals surface area contributed by atoms with Crippen LogP contribution < -0.4 is 14.2 Å². The molecule has 6 heteroatoms. The Morgan fingerprint density at radius 1 is 0.632 bits per heavy atom. The third-order valence-corrected chi connectivity index (χ3v) is 7.99. The van der Waals surface area contributed by atoms with Crippen LogP contribution >= 0.6 is 0 Å². The van der Waals surface area contributed by atoms with Gasteiger partial charge < -0.3 is 24.0 Å². The number of rotatable bonds is 13. The number of nitrogens with zero attached hydrogens (tertiary/aromatic N) is 2. The summed E-state index contributed by atoms with van der Waals surface area (Å²) in [4.78, 5) is 18.8. The summed E-state index contributed by atoms with van der Waals surface area (Å²) in [6.45, 7) is 10.8. The van der Waals surface area contributed by atoms with E-state index in [1.54, 1.807) is 0 Å². The number of piperidine rings is 2. The Balaban J connectivity index is 1.31. The van der Waals surface area contributed by atoms with Gasteiger partial charge in [-0.1, -0.05) is 31.9 Å². The third-order valence-electron chi connectivity index (χ3n) is 7.99. The monoisotopic (exact) mass is 520 g/mol. The molecule has 0 saturated carbocycles. The van der Waals surface area contributed by atoms with Gasteiger partial charge in [-0.25, -0.2) is 0 Å². The zero-order valence-corrected chi connectivity index (χ0v) is 23.1. The van der Waals surface area contributed by atoms with Gasteiger partial charge in [-0.3, -0.25) is 4.79 Å². The van der Waals surface area contributed by atoms with Gasteiger partial charge in [0.1, 0.15) is 17.2 Å². The normalized spacial score (nSPS) is 17.8. The molecule has 2 fully saturated rings. The molecule has 2 aromatic carbocycles. The second kappa shape index (κ2) is 13.5. The lowest BCUT2D eigenvalue weighted by Crippen LogP contribution is -2.31. The summed E-state index contributed by atoms with van der Waals surface area (Å²) in [6, 6.07) is 9.69. The number of carbonyl (C=O) groups is 1. The van der Waals surface area contributed by atoms with Crippen LogP contribution in [0.1, 0.15) is 80.6 Å². The van der Waals surface area contributed by atoms with E-state index in [1.165, 1.54) is 64.7 Å². The summed E-state index contributed by atoms with van der Waals surface area (Å²) < 4.78 is 18.7. The Hall–Kier alpha value is -2.57. The van der Waals surface area contributed by atoms with Crippen molar-refractivity contribution in [1.82, 2.24) is 9.80 Å².